The first-order chi connectivity index (χ1) is 9.38. The highest BCUT2D eigenvalue weighted by atomic mass is 16.5. The van der Waals surface area contributed by atoms with Gasteiger partial charge in [-0.15, -0.1) is 0 Å². The zero-order chi connectivity index (χ0) is 13.1. The van der Waals surface area contributed by atoms with Crippen molar-refractivity contribution in [3.05, 3.63) is 42.7 Å². The van der Waals surface area contributed by atoms with Crippen molar-refractivity contribution in [1.29, 1.82) is 0 Å². The number of ether oxygens (including phenoxy) is 1. The van der Waals surface area contributed by atoms with Crippen LogP contribution in [0.5, 0.6) is 6.01 Å². The first-order valence-electron chi connectivity index (χ1n) is 6.27. The number of rotatable bonds is 4. The zero-order valence-corrected chi connectivity index (χ0v) is 10.7. The van der Waals surface area contributed by atoms with Crippen molar-refractivity contribution in [2.75, 3.05) is 6.61 Å². The van der Waals surface area contributed by atoms with Gasteiger partial charge in [0.2, 0.25) is 0 Å². The van der Waals surface area contributed by atoms with Gasteiger partial charge in [0.1, 0.15) is 0 Å². The van der Waals surface area contributed by atoms with Crippen molar-refractivity contribution in [2.24, 2.45) is 0 Å². The third-order valence-electron chi connectivity index (χ3n) is 2.72. The monoisotopic (exact) mass is 254 g/mol. The second-order valence-corrected chi connectivity index (χ2v) is 4.17. The van der Waals surface area contributed by atoms with Gasteiger partial charge in [-0.2, -0.15) is 10.1 Å². The summed E-state index contributed by atoms with van der Waals surface area (Å²) in [6.07, 6.45) is 4.42. The molecule has 5 heteroatoms. The van der Waals surface area contributed by atoms with Crippen LogP contribution in [0.3, 0.4) is 0 Å². The van der Waals surface area contributed by atoms with Gasteiger partial charge < -0.3 is 4.74 Å². The van der Waals surface area contributed by atoms with Crippen LogP contribution in [0.1, 0.15) is 13.3 Å². The minimum Gasteiger partial charge on any atom is -0.463 e. The Kier molecular flexibility index (Phi) is 3.10. The minimum absolute atomic E-state index is 0.395. The summed E-state index contributed by atoms with van der Waals surface area (Å²) in [5, 5.41) is 5.24. The summed E-state index contributed by atoms with van der Waals surface area (Å²) in [4.78, 5) is 8.58. The Morgan fingerprint density at radius 3 is 2.79 bits per heavy atom. The molecular formula is C14H14N4O. The van der Waals surface area contributed by atoms with Crippen LogP contribution in [0.15, 0.2) is 42.7 Å². The zero-order valence-electron chi connectivity index (χ0n) is 10.7. The standard InChI is InChI=1S/C14H14N4O/c1-2-8-19-14-15-9-11-10-16-18(13(11)17-14)12-6-4-3-5-7-12/h3-7,9-10H,2,8H2,1H3. The van der Waals surface area contributed by atoms with E-state index < -0.39 is 0 Å². The molecule has 0 bridgehead atoms. The average molecular weight is 254 g/mol. The highest BCUT2D eigenvalue weighted by Gasteiger charge is 2.08. The summed E-state index contributed by atoms with van der Waals surface area (Å²) in [7, 11) is 0. The second kappa shape index (κ2) is 5.06. The number of fused-ring (bicyclic) bond motifs is 1. The molecule has 0 aliphatic heterocycles. The molecule has 2 heterocycles. The third kappa shape index (κ3) is 2.27. The van der Waals surface area contributed by atoms with Crippen LogP contribution in [0, 0.1) is 0 Å². The van der Waals surface area contributed by atoms with E-state index in [9.17, 15) is 0 Å². The van der Waals surface area contributed by atoms with Crippen LogP contribution in [0.4, 0.5) is 0 Å². The van der Waals surface area contributed by atoms with Crippen molar-refractivity contribution in [1.82, 2.24) is 19.7 Å². The molecule has 0 N–H and O–H groups in total. The first kappa shape index (κ1) is 11.6. The molecule has 0 aliphatic rings. The van der Waals surface area contributed by atoms with Crippen LogP contribution < -0.4 is 4.74 Å². The number of hydrogen-bond donors (Lipinski definition) is 0. The smallest absolute Gasteiger partial charge is 0.318 e. The van der Waals surface area contributed by atoms with Crippen molar-refractivity contribution >= 4 is 11.0 Å². The Morgan fingerprint density at radius 1 is 1.16 bits per heavy atom. The van der Waals surface area contributed by atoms with E-state index in [1.807, 2.05) is 37.3 Å². The highest BCUT2D eigenvalue weighted by molar-refractivity contribution is 5.75. The normalized spacial score (nSPS) is 10.8. The molecule has 0 aliphatic carbocycles. The van der Waals surface area contributed by atoms with E-state index in [1.165, 1.54) is 0 Å². The number of para-hydroxylation sites is 1. The maximum absolute atomic E-state index is 5.46. The van der Waals surface area contributed by atoms with Gasteiger partial charge in [0.05, 0.1) is 23.9 Å². The molecule has 2 aromatic heterocycles. The van der Waals surface area contributed by atoms with E-state index in [0.717, 1.165) is 23.1 Å². The van der Waals surface area contributed by atoms with E-state index in [2.05, 4.69) is 15.1 Å². The fourth-order valence-corrected chi connectivity index (χ4v) is 1.82. The van der Waals surface area contributed by atoms with Crippen LogP contribution >= 0.6 is 0 Å². The largest absolute Gasteiger partial charge is 0.463 e. The fraction of sp³-hybridized carbons (Fsp3) is 0.214. The molecule has 3 aromatic rings. The molecule has 0 unspecified atom stereocenters. The van der Waals surface area contributed by atoms with E-state index in [0.29, 0.717) is 12.6 Å². The molecule has 3 rings (SSSR count). The lowest BCUT2D eigenvalue weighted by molar-refractivity contribution is 0.293. The van der Waals surface area contributed by atoms with Gasteiger partial charge in [0.25, 0.3) is 0 Å². The number of hydrogen-bond acceptors (Lipinski definition) is 4. The topological polar surface area (TPSA) is 52.8 Å². The van der Waals surface area contributed by atoms with E-state index in [1.54, 1.807) is 17.1 Å². The Balaban J connectivity index is 2.05. The molecular weight excluding hydrogens is 240 g/mol. The highest BCUT2D eigenvalue weighted by Crippen LogP contribution is 2.17. The van der Waals surface area contributed by atoms with Crippen LogP contribution in [-0.4, -0.2) is 26.4 Å². The molecule has 0 saturated carbocycles. The summed E-state index contributed by atoms with van der Waals surface area (Å²) in [6, 6.07) is 10.3. The minimum atomic E-state index is 0.395. The van der Waals surface area contributed by atoms with Gasteiger partial charge in [-0.1, -0.05) is 25.1 Å². The number of nitrogens with zero attached hydrogens (tertiary/aromatic N) is 4. The van der Waals surface area contributed by atoms with Crippen LogP contribution in [0.2, 0.25) is 0 Å². The summed E-state index contributed by atoms with van der Waals surface area (Å²) < 4.78 is 7.25. The molecule has 0 saturated heterocycles. The average Bonchev–Trinajstić information content (AvgIpc) is 2.89. The lowest BCUT2D eigenvalue weighted by atomic mass is 10.3. The van der Waals surface area contributed by atoms with Crippen molar-refractivity contribution in [3.8, 4) is 11.7 Å². The molecule has 0 radical (unpaired) electrons. The van der Waals surface area contributed by atoms with Crippen molar-refractivity contribution in [2.45, 2.75) is 13.3 Å². The van der Waals surface area contributed by atoms with Gasteiger partial charge in [0, 0.05) is 6.20 Å². The van der Waals surface area contributed by atoms with Crippen molar-refractivity contribution < 1.29 is 4.74 Å². The summed E-state index contributed by atoms with van der Waals surface area (Å²) in [6.45, 7) is 2.66. The fourth-order valence-electron chi connectivity index (χ4n) is 1.82. The maximum Gasteiger partial charge on any atom is 0.318 e. The Labute approximate surface area is 110 Å². The Morgan fingerprint density at radius 2 is 2.00 bits per heavy atom. The quantitative estimate of drug-likeness (QED) is 0.718. The summed E-state index contributed by atoms with van der Waals surface area (Å²) >= 11 is 0. The SMILES string of the molecule is CCCOc1ncc2cnn(-c3ccccc3)c2n1. The van der Waals surface area contributed by atoms with E-state index in [-0.39, 0.29) is 0 Å². The number of benzene rings is 1. The van der Waals surface area contributed by atoms with Gasteiger partial charge in [-0.05, 0) is 18.6 Å². The molecule has 0 atom stereocenters. The van der Waals surface area contributed by atoms with E-state index in [4.69, 9.17) is 4.74 Å². The lowest BCUT2D eigenvalue weighted by Crippen LogP contribution is -2.02. The Bertz CT molecular complexity index is 678. The predicted molar refractivity (Wildman–Crippen MR) is 72.4 cm³/mol. The molecule has 0 amide bonds. The molecule has 19 heavy (non-hydrogen) atoms. The Hall–Kier alpha value is -2.43. The second-order valence-electron chi connectivity index (χ2n) is 4.17. The van der Waals surface area contributed by atoms with Gasteiger partial charge in [-0.25, -0.2) is 9.67 Å². The van der Waals surface area contributed by atoms with Crippen LogP contribution in [-0.2, 0) is 0 Å². The molecule has 0 fully saturated rings. The third-order valence-corrected chi connectivity index (χ3v) is 2.72. The molecule has 5 nitrogen and oxygen atoms in total. The molecule has 0 spiro atoms. The van der Waals surface area contributed by atoms with Gasteiger partial charge in [0.15, 0.2) is 5.65 Å². The van der Waals surface area contributed by atoms with Crippen molar-refractivity contribution in [3.63, 3.8) is 0 Å². The molecule has 1 aromatic carbocycles. The predicted octanol–water partition coefficient (Wildman–Crippen LogP) is 2.60. The van der Waals surface area contributed by atoms with E-state index >= 15 is 0 Å². The summed E-state index contributed by atoms with van der Waals surface area (Å²) in [5.74, 6) is 0. The first-order valence-corrected chi connectivity index (χ1v) is 6.27. The van der Waals surface area contributed by atoms with Gasteiger partial charge in [-0.3, -0.25) is 0 Å². The maximum atomic E-state index is 5.46. The van der Waals surface area contributed by atoms with Gasteiger partial charge >= 0.3 is 6.01 Å². The number of aromatic nitrogens is 4. The van der Waals surface area contributed by atoms with Crippen LogP contribution in [0.25, 0.3) is 16.7 Å². The summed E-state index contributed by atoms with van der Waals surface area (Å²) in [5.41, 5.74) is 1.73. The molecule has 96 valence electrons. The lowest BCUT2D eigenvalue weighted by Gasteiger charge is -2.04.